The second kappa shape index (κ2) is 10.3. The van der Waals surface area contributed by atoms with E-state index in [2.05, 4.69) is 70.0 Å². The van der Waals surface area contributed by atoms with Gasteiger partial charge in [-0.05, 0) is 35.4 Å². The quantitative estimate of drug-likeness (QED) is 0.331. The van der Waals surface area contributed by atoms with Crippen LogP contribution in [0.15, 0.2) is 57.5 Å². The smallest absolute Gasteiger partial charge is 0.0870 e. The van der Waals surface area contributed by atoms with Crippen molar-refractivity contribution in [1.29, 1.82) is 0 Å². The van der Waals surface area contributed by atoms with E-state index < -0.39 is 0 Å². The van der Waals surface area contributed by atoms with Gasteiger partial charge in [-0.15, -0.1) is 23.2 Å². The number of ether oxygens (including phenoxy) is 1. The van der Waals surface area contributed by atoms with Crippen LogP contribution in [0.5, 0.6) is 0 Å². The maximum Gasteiger partial charge on any atom is 0.0870 e. The lowest BCUT2D eigenvalue weighted by Gasteiger charge is -2.32. The molecule has 0 saturated carbocycles. The molecule has 2 aromatic rings. The average molecular weight is 509 g/mol. The first-order chi connectivity index (χ1) is 12.0. The number of alkyl halides is 2. The van der Waals surface area contributed by atoms with Crippen molar-refractivity contribution in [3.63, 3.8) is 0 Å². The zero-order valence-corrected chi connectivity index (χ0v) is 18.9. The molecule has 0 aliphatic carbocycles. The molecule has 0 amide bonds. The lowest BCUT2D eigenvalue weighted by atomic mass is 9.95. The fourth-order valence-corrected chi connectivity index (χ4v) is 3.93. The van der Waals surface area contributed by atoms with Crippen LogP contribution in [0.1, 0.15) is 37.2 Å². The summed E-state index contributed by atoms with van der Waals surface area (Å²) in [5, 5.41) is 0. The van der Waals surface area contributed by atoms with Gasteiger partial charge in [-0.1, -0.05) is 70.0 Å². The molecule has 0 heterocycles. The monoisotopic (exact) mass is 506 g/mol. The third-order valence-electron chi connectivity index (χ3n) is 4.17. The molecule has 5 heteroatoms. The predicted octanol–water partition coefficient (Wildman–Crippen LogP) is 7.76. The number of benzene rings is 2. The Kier molecular flexibility index (Phi) is 8.77. The van der Waals surface area contributed by atoms with Gasteiger partial charge in [-0.3, -0.25) is 0 Å². The lowest BCUT2D eigenvalue weighted by molar-refractivity contribution is -0.0597. The molecule has 136 valence electrons. The lowest BCUT2D eigenvalue weighted by Crippen LogP contribution is -2.22. The largest absolute Gasteiger partial charge is 0.365 e. The van der Waals surface area contributed by atoms with E-state index in [-0.39, 0.29) is 24.0 Å². The molecule has 25 heavy (non-hydrogen) atoms. The third kappa shape index (κ3) is 5.97. The molecule has 0 fully saturated rings. The predicted molar refractivity (Wildman–Crippen MR) is 115 cm³/mol. The zero-order chi connectivity index (χ0) is 18.4. The maximum absolute atomic E-state index is 6.63. The van der Waals surface area contributed by atoms with Crippen LogP contribution in [-0.4, -0.2) is 11.8 Å². The van der Waals surface area contributed by atoms with Crippen LogP contribution in [0.2, 0.25) is 0 Å². The second-order valence-corrected chi connectivity index (χ2v) is 8.80. The highest BCUT2D eigenvalue weighted by Crippen LogP contribution is 2.38. The van der Waals surface area contributed by atoms with E-state index in [0.717, 1.165) is 20.1 Å². The summed E-state index contributed by atoms with van der Waals surface area (Å²) in [6, 6.07) is 16.4. The van der Waals surface area contributed by atoms with Crippen molar-refractivity contribution in [1.82, 2.24) is 0 Å². The van der Waals surface area contributed by atoms with Crippen LogP contribution in [0, 0.1) is 11.8 Å². The Labute approximate surface area is 177 Å². The molecule has 0 saturated heterocycles. The van der Waals surface area contributed by atoms with E-state index in [9.17, 15) is 0 Å². The highest BCUT2D eigenvalue weighted by Gasteiger charge is 2.28. The minimum atomic E-state index is -0.107. The number of hydrogen-bond donors (Lipinski definition) is 0. The van der Waals surface area contributed by atoms with Crippen molar-refractivity contribution in [3.8, 4) is 0 Å². The molecule has 2 aromatic carbocycles. The first-order valence-corrected chi connectivity index (χ1v) is 10.9. The number of hydrogen-bond acceptors (Lipinski definition) is 1. The van der Waals surface area contributed by atoms with Gasteiger partial charge < -0.3 is 4.74 Å². The second-order valence-electron chi connectivity index (χ2n) is 6.35. The molecule has 0 spiro atoms. The summed E-state index contributed by atoms with van der Waals surface area (Å²) in [5.74, 6) is 1.40. The molecular formula is C20H22Br2Cl2O. The molecule has 2 rings (SSSR count). The van der Waals surface area contributed by atoms with E-state index >= 15 is 0 Å². The summed E-state index contributed by atoms with van der Waals surface area (Å²) in [6.45, 7) is 4.23. The molecule has 1 nitrogen and oxygen atoms in total. The molecule has 0 bridgehead atoms. The van der Waals surface area contributed by atoms with E-state index in [1.54, 1.807) is 0 Å². The fourth-order valence-electron chi connectivity index (χ4n) is 2.77. The van der Waals surface area contributed by atoms with Crippen molar-refractivity contribution < 1.29 is 4.74 Å². The Hall–Kier alpha value is -0.0600. The van der Waals surface area contributed by atoms with Crippen molar-refractivity contribution >= 4 is 55.1 Å². The standard InChI is InChI=1S/C20H22Br2Cl2O/c1-13(11-23)19(15-5-3-7-17(21)9-15)25-20(14(2)12-24)16-6-4-8-18(22)10-16/h3-10,13-14,19-20H,11-12H2,1-2H3. The van der Waals surface area contributed by atoms with Gasteiger partial charge in [-0.25, -0.2) is 0 Å². The molecular weight excluding hydrogens is 487 g/mol. The maximum atomic E-state index is 6.63. The van der Waals surface area contributed by atoms with Gasteiger partial charge in [0.15, 0.2) is 0 Å². The summed E-state index contributed by atoms with van der Waals surface area (Å²) in [7, 11) is 0. The van der Waals surface area contributed by atoms with Crippen molar-refractivity contribution in [2.45, 2.75) is 26.1 Å². The van der Waals surface area contributed by atoms with Crippen LogP contribution in [0.4, 0.5) is 0 Å². The van der Waals surface area contributed by atoms with Gasteiger partial charge in [0.1, 0.15) is 0 Å². The molecule has 0 radical (unpaired) electrons. The molecule has 4 unspecified atom stereocenters. The van der Waals surface area contributed by atoms with Crippen molar-refractivity contribution in [2.24, 2.45) is 11.8 Å². The molecule has 4 atom stereocenters. The van der Waals surface area contributed by atoms with Gasteiger partial charge >= 0.3 is 0 Å². The van der Waals surface area contributed by atoms with E-state index in [1.165, 1.54) is 0 Å². The Bertz CT molecular complexity index is 623. The Morgan fingerprint density at radius 1 is 0.800 bits per heavy atom. The molecule has 0 aliphatic rings. The summed E-state index contributed by atoms with van der Waals surface area (Å²) in [6.07, 6.45) is -0.214. The Morgan fingerprint density at radius 3 is 1.52 bits per heavy atom. The van der Waals surface area contributed by atoms with E-state index in [4.69, 9.17) is 27.9 Å². The number of rotatable bonds is 8. The summed E-state index contributed by atoms with van der Waals surface area (Å²) in [5.41, 5.74) is 2.23. The number of halogens is 4. The topological polar surface area (TPSA) is 9.23 Å². The van der Waals surface area contributed by atoms with Crippen LogP contribution in [0.3, 0.4) is 0 Å². The normalized spacial score (nSPS) is 16.2. The first-order valence-electron chi connectivity index (χ1n) is 8.24. The summed E-state index contributed by atoms with van der Waals surface area (Å²) < 4.78 is 8.69. The average Bonchev–Trinajstić information content (AvgIpc) is 2.61. The van der Waals surface area contributed by atoms with Crippen LogP contribution in [-0.2, 0) is 4.74 Å². The third-order valence-corrected chi connectivity index (χ3v) is 6.13. The van der Waals surface area contributed by atoms with Gasteiger partial charge in [0.05, 0.1) is 12.2 Å². The van der Waals surface area contributed by atoms with Crippen molar-refractivity contribution in [3.05, 3.63) is 68.6 Å². The van der Waals surface area contributed by atoms with Gasteiger partial charge in [0.25, 0.3) is 0 Å². The first kappa shape index (κ1) is 21.2. The van der Waals surface area contributed by atoms with E-state index in [0.29, 0.717) is 11.8 Å². The van der Waals surface area contributed by atoms with Crippen LogP contribution >= 0.6 is 55.1 Å². The van der Waals surface area contributed by atoms with Gasteiger partial charge in [0, 0.05) is 32.5 Å². The molecule has 0 N–H and O–H groups in total. The van der Waals surface area contributed by atoms with Gasteiger partial charge in [-0.2, -0.15) is 0 Å². The Balaban J connectivity index is 2.38. The highest BCUT2D eigenvalue weighted by atomic mass is 79.9. The zero-order valence-electron chi connectivity index (χ0n) is 14.3. The highest BCUT2D eigenvalue weighted by molar-refractivity contribution is 9.10. The van der Waals surface area contributed by atoms with Crippen LogP contribution in [0.25, 0.3) is 0 Å². The minimum Gasteiger partial charge on any atom is -0.365 e. The minimum absolute atomic E-state index is 0.107. The molecule has 0 aliphatic heterocycles. The summed E-state index contributed by atoms with van der Waals surface area (Å²) in [4.78, 5) is 0. The Morgan fingerprint density at radius 2 is 1.20 bits per heavy atom. The molecule has 0 aromatic heterocycles. The van der Waals surface area contributed by atoms with Gasteiger partial charge in [0.2, 0.25) is 0 Å². The summed E-state index contributed by atoms with van der Waals surface area (Å²) >= 11 is 19.5. The van der Waals surface area contributed by atoms with E-state index in [1.807, 2.05) is 24.3 Å². The van der Waals surface area contributed by atoms with Crippen molar-refractivity contribution in [2.75, 3.05) is 11.8 Å². The fraction of sp³-hybridized carbons (Fsp3) is 0.400. The van der Waals surface area contributed by atoms with Crippen LogP contribution < -0.4 is 0 Å². The SMILES string of the molecule is CC(CCl)C(OC(c1cccc(Br)c1)C(C)CCl)c1cccc(Br)c1.